The predicted octanol–water partition coefficient (Wildman–Crippen LogP) is 5.08. The number of halogens is 1. The quantitative estimate of drug-likeness (QED) is 0.248. The first-order chi connectivity index (χ1) is 19.5. The molecule has 1 N–H and O–H groups in total. The van der Waals surface area contributed by atoms with E-state index in [2.05, 4.69) is 45.7 Å². The molecule has 1 aromatic carbocycles. The highest BCUT2D eigenvalue weighted by atomic mass is 35.5. The minimum Gasteiger partial charge on any atom is -0.490 e. The third-order valence-corrected chi connectivity index (χ3v) is 8.34. The Kier molecular flexibility index (Phi) is 9.59. The van der Waals surface area contributed by atoms with Crippen LogP contribution >= 0.6 is 23.8 Å². The predicted molar refractivity (Wildman–Crippen MR) is 163 cm³/mol. The van der Waals surface area contributed by atoms with Crippen LogP contribution < -0.4 is 15.0 Å². The fraction of sp³-hybridized carbons (Fsp3) is 0.467. The average molecular weight is 584 g/mol. The minimum atomic E-state index is -0.118. The van der Waals surface area contributed by atoms with Gasteiger partial charge in [0.1, 0.15) is 12.4 Å². The molecule has 2 saturated heterocycles. The molecule has 0 spiro atoms. The number of aromatic nitrogens is 2. The first kappa shape index (κ1) is 28.8. The summed E-state index contributed by atoms with van der Waals surface area (Å²) in [5.74, 6) is 0.622. The molecule has 40 heavy (non-hydrogen) atoms. The third kappa shape index (κ3) is 6.29. The Labute approximate surface area is 247 Å². The van der Waals surface area contributed by atoms with Crippen molar-refractivity contribution in [3.05, 3.63) is 76.3 Å². The van der Waals surface area contributed by atoms with Gasteiger partial charge < -0.3 is 29.0 Å². The van der Waals surface area contributed by atoms with Crippen LogP contribution in [0.25, 0.3) is 0 Å². The number of nitrogens with zero attached hydrogens (tertiary/aromatic N) is 4. The summed E-state index contributed by atoms with van der Waals surface area (Å²) in [5.41, 5.74) is 5.56. The molecule has 8 nitrogen and oxygen atoms in total. The van der Waals surface area contributed by atoms with Gasteiger partial charge in [-0.3, -0.25) is 9.88 Å². The van der Waals surface area contributed by atoms with E-state index in [1.165, 1.54) is 17.0 Å². The van der Waals surface area contributed by atoms with Crippen molar-refractivity contribution < 1.29 is 14.2 Å². The Morgan fingerprint density at radius 1 is 1.10 bits per heavy atom. The van der Waals surface area contributed by atoms with Crippen LogP contribution in [-0.4, -0.2) is 72.7 Å². The Balaban J connectivity index is 1.45. The molecular formula is C30H38ClN5O3S. The molecule has 0 saturated carbocycles. The number of hydrogen-bond donors (Lipinski definition) is 1. The third-order valence-electron chi connectivity index (χ3n) is 7.73. The van der Waals surface area contributed by atoms with Crippen molar-refractivity contribution in [1.29, 1.82) is 0 Å². The molecule has 214 valence electrons. The molecule has 0 bridgehead atoms. The zero-order valence-electron chi connectivity index (χ0n) is 23.4. The number of hydrogen-bond acceptors (Lipinski definition) is 6. The normalized spacial score (nSPS) is 19.7. The fourth-order valence-electron chi connectivity index (χ4n) is 5.69. The van der Waals surface area contributed by atoms with Crippen LogP contribution in [0.1, 0.15) is 41.1 Å². The number of anilines is 1. The smallest absolute Gasteiger partial charge is 0.174 e. The molecule has 0 aliphatic carbocycles. The van der Waals surface area contributed by atoms with Gasteiger partial charge in [-0.1, -0.05) is 17.7 Å². The summed E-state index contributed by atoms with van der Waals surface area (Å²) in [7, 11) is 1.65. The molecule has 0 radical (unpaired) electrons. The molecule has 3 aromatic rings. The molecule has 2 aromatic heterocycles. The minimum absolute atomic E-state index is 0.0991. The number of thiocarbonyl (C=S) groups is 1. The molecule has 2 fully saturated rings. The molecule has 10 heteroatoms. The highest BCUT2D eigenvalue weighted by molar-refractivity contribution is 7.80. The van der Waals surface area contributed by atoms with Crippen LogP contribution in [-0.2, 0) is 16.0 Å². The van der Waals surface area contributed by atoms with Crippen LogP contribution in [0.5, 0.6) is 5.75 Å². The molecule has 0 amide bonds. The van der Waals surface area contributed by atoms with Gasteiger partial charge in [0, 0.05) is 56.6 Å². The first-order valence-electron chi connectivity index (χ1n) is 13.9. The van der Waals surface area contributed by atoms with Crippen molar-refractivity contribution in [1.82, 2.24) is 19.8 Å². The van der Waals surface area contributed by atoms with Crippen molar-refractivity contribution in [3.8, 4) is 5.75 Å². The topological polar surface area (TPSA) is 64.0 Å². The van der Waals surface area contributed by atoms with Crippen LogP contribution in [0.15, 0.2) is 48.7 Å². The maximum atomic E-state index is 6.68. The van der Waals surface area contributed by atoms with Gasteiger partial charge in [-0.05, 0) is 74.4 Å². The van der Waals surface area contributed by atoms with E-state index in [-0.39, 0.29) is 12.1 Å². The van der Waals surface area contributed by atoms with E-state index >= 15 is 0 Å². The molecule has 4 heterocycles. The van der Waals surface area contributed by atoms with Crippen molar-refractivity contribution in [3.63, 3.8) is 0 Å². The molecule has 0 unspecified atom stereocenters. The second kappa shape index (κ2) is 13.3. The lowest BCUT2D eigenvalue weighted by atomic mass is 9.96. The number of methoxy groups -OCH3 is 1. The monoisotopic (exact) mass is 583 g/mol. The van der Waals surface area contributed by atoms with Gasteiger partial charge in [-0.2, -0.15) is 0 Å². The van der Waals surface area contributed by atoms with E-state index in [0.29, 0.717) is 29.1 Å². The van der Waals surface area contributed by atoms with Crippen LogP contribution in [0, 0.1) is 13.8 Å². The van der Waals surface area contributed by atoms with E-state index < -0.39 is 0 Å². The van der Waals surface area contributed by atoms with Crippen molar-refractivity contribution >= 4 is 34.6 Å². The number of aryl methyl sites for hydroxylation is 1. The number of rotatable bonds is 11. The van der Waals surface area contributed by atoms with Gasteiger partial charge in [0.05, 0.1) is 42.6 Å². The fourth-order valence-corrected chi connectivity index (χ4v) is 6.26. The summed E-state index contributed by atoms with van der Waals surface area (Å²) < 4.78 is 18.8. The van der Waals surface area contributed by atoms with Gasteiger partial charge in [0.25, 0.3) is 0 Å². The van der Waals surface area contributed by atoms with Crippen molar-refractivity contribution in [2.45, 2.75) is 38.9 Å². The summed E-state index contributed by atoms with van der Waals surface area (Å²) >= 11 is 12.6. The van der Waals surface area contributed by atoms with E-state index in [1.54, 1.807) is 7.11 Å². The Morgan fingerprint density at radius 3 is 2.65 bits per heavy atom. The Hall–Kier alpha value is -2.69. The second-order valence-electron chi connectivity index (χ2n) is 10.2. The summed E-state index contributed by atoms with van der Waals surface area (Å²) in [6.07, 6.45) is 2.92. The number of ether oxygens (including phenoxy) is 3. The molecule has 2 atom stereocenters. The lowest BCUT2D eigenvalue weighted by Crippen LogP contribution is -2.37. The average Bonchev–Trinajstić information content (AvgIpc) is 3.45. The number of morpholine rings is 1. The number of nitrogens with one attached hydrogen (secondary N) is 1. The van der Waals surface area contributed by atoms with Crippen LogP contribution in [0.3, 0.4) is 0 Å². The highest BCUT2D eigenvalue weighted by Gasteiger charge is 2.42. The first-order valence-corrected chi connectivity index (χ1v) is 14.6. The van der Waals surface area contributed by atoms with Gasteiger partial charge in [0.2, 0.25) is 0 Å². The summed E-state index contributed by atoms with van der Waals surface area (Å²) in [5, 5.41) is 4.73. The summed E-state index contributed by atoms with van der Waals surface area (Å²) in [6.45, 7) is 11.1. The Morgan fingerprint density at radius 2 is 1.93 bits per heavy atom. The molecule has 2 aliphatic rings. The van der Waals surface area contributed by atoms with E-state index in [0.717, 1.165) is 57.2 Å². The zero-order chi connectivity index (χ0) is 28.1. The van der Waals surface area contributed by atoms with E-state index in [4.69, 9.17) is 43.0 Å². The highest BCUT2D eigenvalue weighted by Crippen LogP contribution is 2.44. The maximum Gasteiger partial charge on any atom is 0.174 e. The maximum absolute atomic E-state index is 6.68. The van der Waals surface area contributed by atoms with Gasteiger partial charge >= 0.3 is 0 Å². The zero-order valence-corrected chi connectivity index (χ0v) is 25.0. The molecule has 5 rings (SSSR count). The number of pyridine rings is 1. The SMILES string of the molecule is COCCOc1ccc(N2C(=S)N[C@@H](c3ccccn3)[C@H]2c2cc(C)n(CCCN3CCOCC3)c2C)cc1Cl. The van der Waals surface area contributed by atoms with Gasteiger partial charge in [0.15, 0.2) is 5.11 Å². The second-order valence-corrected chi connectivity index (χ2v) is 11.0. The summed E-state index contributed by atoms with van der Waals surface area (Å²) in [6, 6.07) is 13.9. The lowest BCUT2D eigenvalue weighted by molar-refractivity contribution is 0.0369. The van der Waals surface area contributed by atoms with Crippen LogP contribution in [0.2, 0.25) is 5.02 Å². The van der Waals surface area contributed by atoms with Crippen LogP contribution in [0.4, 0.5) is 5.69 Å². The van der Waals surface area contributed by atoms with E-state index in [9.17, 15) is 0 Å². The van der Waals surface area contributed by atoms with Gasteiger partial charge in [-0.25, -0.2) is 0 Å². The molecule has 2 aliphatic heterocycles. The van der Waals surface area contributed by atoms with E-state index in [1.807, 2.05) is 36.5 Å². The standard InChI is InChI=1S/C30H38ClN5O3S/c1-21-19-24(22(2)35(21)12-6-11-34-13-15-38-16-14-34)29-28(26-7-4-5-10-32-26)33-30(40)36(29)23-8-9-27(25(31)20-23)39-18-17-37-3/h4-5,7-10,19-20,28-29H,6,11-18H2,1-3H3,(H,33,40)/t28-,29+/m0/s1. The molecular weight excluding hydrogens is 546 g/mol. The largest absolute Gasteiger partial charge is 0.490 e. The van der Waals surface area contributed by atoms with Crippen molar-refractivity contribution in [2.75, 3.05) is 58.1 Å². The Bertz CT molecular complexity index is 1300. The summed E-state index contributed by atoms with van der Waals surface area (Å²) in [4.78, 5) is 9.36. The van der Waals surface area contributed by atoms with Gasteiger partial charge in [-0.15, -0.1) is 0 Å². The van der Waals surface area contributed by atoms with Crippen molar-refractivity contribution in [2.24, 2.45) is 0 Å². The number of benzene rings is 1. The lowest BCUT2D eigenvalue weighted by Gasteiger charge is -2.29.